The summed E-state index contributed by atoms with van der Waals surface area (Å²) < 4.78 is 0. The quantitative estimate of drug-likeness (QED) is 0.455. The van der Waals surface area contributed by atoms with Gasteiger partial charge < -0.3 is 5.32 Å². The lowest BCUT2D eigenvalue weighted by atomic mass is 10.2. The minimum atomic E-state index is -0.371. The van der Waals surface area contributed by atoms with Gasteiger partial charge in [-0.1, -0.05) is 25.0 Å². The third-order valence-electron chi connectivity index (χ3n) is 2.90. The molecular formula is C12H16N2O2. The van der Waals surface area contributed by atoms with E-state index in [1.165, 1.54) is 19.3 Å². The van der Waals surface area contributed by atoms with Gasteiger partial charge in [0.1, 0.15) is 0 Å². The maximum Gasteiger partial charge on any atom is 0.269 e. The van der Waals surface area contributed by atoms with Gasteiger partial charge in [-0.2, -0.15) is 0 Å². The molecule has 0 bridgehead atoms. The first-order valence-corrected chi connectivity index (χ1v) is 5.70. The lowest BCUT2D eigenvalue weighted by Gasteiger charge is -2.03. The number of non-ortho nitro benzene ring substituents is 1. The van der Waals surface area contributed by atoms with Gasteiger partial charge in [0.2, 0.25) is 0 Å². The van der Waals surface area contributed by atoms with Crippen molar-refractivity contribution in [2.24, 2.45) is 5.92 Å². The molecule has 1 aliphatic carbocycles. The van der Waals surface area contributed by atoms with E-state index in [0.29, 0.717) is 0 Å². The van der Waals surface area contributed by atoms with Crippen LogP contribution in [0.5, 0.6) is 0 Å². The monoisotopic (exact) mass is 220 g/mol. The molecule has 86 valence electrons. The van der Waals surface area contributed by atoms with Gasteiger partial charge >= 0.3 is 0 Å². The third kappa shape index (κ3) is 3.31. The van der Waals surface area contributed by atoms with E-state index in [2.05, 4.69) is 5.32 Å². The number of nitrogens with one attached hydrogen (secondary N) is 1. The summed E-state index contributed by atoms with van der Waals surface area (Å²) in [6.07, 6.45) is 4.03. The summed E-state index contributed by atoms with van der Waals surface area (Å²) in [5, 5.41) is 13.8. The van der Waals surface area contributed by atoms with Crippen LogP contribution in [0, 0.1) is 16.0 Å². The van der Waals surface area contributed by atoms with E-state index in [9.17, 15) is 10.1 Å². The zero-order chi connectivity index (χ0) is 11.4. The molecule has 2 rings (SSSR count). The largest absolute Gasteiger partial charge is 0.313 e. The Morgan fingerprint density at radius 2 is 2.00 bits per heavy atom. The number of rotatable bonds is 6. The second kappa shape index (κ2) is 5.07. The second-order valence-electron chi connectivity index (χ2n) is 4.33. The Hall–Kier alpha value is -1.42. The van der Waals surface area contributed by atoms with E-state index in [1.807, 2.05) is 12.1 Å². The summed E-state index contributed by atoms with van der Waals surface area (Å²) in [5.41, 5.74) is 1.25. The zero-order valence-corrected chi connectivity index (χ0v) is 9.19. The second-order valence-corrected chi connectivity index (χ2v) is 4.33. The van der Waals surface area contributed by atoms with Gasteiger partial charge in [0, 0.05) is 18.7 Å². The molecule has 16 heavy (non-hydrogen) atoms. The molecule has 0 spiro atoms. The average molecular weight is 220 g/mol. The minimum absolute atomic E-state index is 0.154. The van der Waals surface area contributed by atoms with Gasteiger partial charge in [0.25, 0.3) is 5.69 Å². The Morgan fingerprint density at radius 1 is 1.31 bits per heavy atom. The first kappa shape index (κ1) is 11.1. The molecule has 0 aromatic heterocycles. The SMILES string of the molecule is O=[N+]([O-])c1ccc(CNCCC2CC2)cc1. The van der Waals surface area contributed by atoms with Crippen molar-refractivity contribution >= 4 is 5.69 Å². The smallest absolute Gasteiger partial charge is 0.269 e. The van der Waals surface area contributed by atoms with Crippen molar-refractivity contribution in [3.8, 4) is 0 Å². The standard InChI is InChI=1S/C12H16N2O2/c15-14(16)12-5-3-11(4-6-12)9-13-8-7-10-1-2-10/h3-6,10,13H,1-2,7-9H2. The molecule has 1 aliphatic rings. The van der Waals surface area contributed by atoms with Crippen LogP contribution in [0.25, 0.3) is 0 Å². The highest BCUT2D eigenvalue weighted by Crippen LogP contribution is 2.31. The van der Waals surface area contributed by atoms with Crippen molar-refractivity contribution in [3.05, 3.63) is 39.9 Å². The Balaban J connectivity index is 1.73. The van der Waals surface area contributed by atoms with Crippen LogP contribution in [0.4, 0.5) is 5.69 Å². The summed E-state index contributed by atoms with van der Waals surface area (Å²) in [6, 6.07) is 6.72. The molecule has 1 saturated carbocycles. The van der Waals surface area contributed by atoms with Gasteiger partial charge in [-0.05, 0) is 24.4 Å². The Morgan fingerprint density at radius 3 is 2.56 bits per heavy atom. The van der Waals surface area contributed by atoms with Crippen molar-refractivity contribution < 1.29 is 4.92 Å². The molecule has 1 fully saturated rings. The molecular weight excluding hydrogens is 204 g/mol. The number of hydrogen-bond donors (Lipinski definition) is 1. The molecule has 1 N–H and O–H groups in total. The van der Waals surface area contributed by atoms with Crippen molar-refractivity contribution in [1.82, 2.24) is 5.32 Å². The van der Waals surface area contributed by atoms with E-state index < -0.39 is 0 Å². The van der Waals surface area contributed by atoms with Crippen LogP contribution >= 0.6 is 0 Å². The minimum Gasteiger partial charge on any atom is -0.313 e. The molecule has 0 unspecified atom stereocenters. The normalized spacial score (nSPS) is 15.0. The number of benzene rings is 1. The summed E-state index contributed by atoms with van der Waals surface area (Å²) in [6.45, 7) is 1.84. The fraction of sp³-hybridized carbons (Fsp3) is 0.500. The summed E-state index contributed by atoms with van der Waals surface area (Å²) >= 11 is 0. The maximum absolute atomic E-state index is 10.4. The molecule has 0 aliphatic heterocycles. The number of hydrogen-bond acceptors (Lipinski definition) is 3. The van der Waals surface area contributed by atoms with Gasteiger partial charge in [-0.25, -0.2) is 0 Å². The molecule has 4 nitrogen and oxygen atoms in total. The van der Waals surface area contributed by atoms with E-state index in [4.69, 9.17) is 0 Å². The van der Waals surface area contributed by atoms with Gasteiger partial charge in [0.15, 0.2) is 0 Å². The molecule has 1 aromatic carbocycles. The molecule has 1 aromatic rings. The highest BCUT2D eigenvalue weighted by molar-refractivity contribution is 5.32. The Bertz CT molecular complexity index is 358. The summed E-state index contributed by atoms with van der Waals surface area (Å²) in [4.78, 5) is 10.1. The van der Waals surface area contributed by atoms with Crippen LogP contribution in [0.2, 0.25) is 0 Å². The average Bonchev–Trinajstić information content (AvgIpc) is 3.09. The number of nitro groups is 1. The fourth-order valence-electron chi connectivity index (χ4n) is 1.68. The lowest BCUT2D eigenvalue weighted by Crippen LogP contribution is -2.15. The van der Waals surface area contributed by atoms with Crippen LogP contribution in [-0.2, 0) is 6.54 Å². The topological polar surface area (TPSA) is 55.2 Å². The van der Waals surface area contributed by atoms with Crippen LogP contribution in [-0.4, -0.2) is 11.5 Å². The summed E-state index contributed by atoms with van der Waals surface area (Å²) in [7, 11) is 0. The van der Waals surface area contributed by atoms with Crippen LogP contribution in [0.1, 0.15) is 24.8 Å². The molecule has 4 heteroatoms. The van der Waals surface area contributed by atoms with E-state index >= 15 is 0 Å². The third-order valence-corrected chi connectivity index (χ3v) is 2.90. The van der Waals surface area contributed by atoms with Crippen LogP contribution < -0.4 is 5.32 Å². The Kier molecular flexibility index (Phi) is 3.51. The predicted molar refractivity (Wildman–Crippen MR) is 62.1 cm³/mol. The van der Waals surface area contributed by atoms with Crippen LogP contribution in [0.15, 0.2) is 24.3 Å². The van der Waals surface area contributed by atoms with Crippen molar-refractivity contribution in [3.63, 3.8) is 0 Å². The highest BCUT2D eigenvalue weighted by atomic mass is 16.6. The molecule has 0 atom stereocenters. The van der Waals surface area contributed by atoms with Crippen LogP contribution in [0.3, 0.4) is 0 Å². The molecule has 0 heterocycles. The van der Waals surface area contributed by atoms with E-state index in [1.54, 1.807) is 12.1 Å². The molecule has 0 amide bonds. The zero-order valence-electron chi connectivity index (χ0n) is 9.19. The molecule has 0 radical (unpaired) electrons. The van der Waals surface area contributed by atoms with Crippen molar-refractivity contribution in [1.29, 1.82) is 0 Å². The van der Waals surface area contributed by atoms with E-state index in [-0.39, 0.29) is 10.6 Å². The maximum atomic E-state index is 10.4. The highest BCUT2D eigenvalue weighted by Gasteiger charge is 2.19. The molecule has 0 saturated heterocycles. The Labute approximate surface area is 94.8 Å². The fourth-order valence-corrected chi connectivity index (χ4v) is 1.68. The van der Waals surface area contributed by atoms with Gasteiger partial charge in [0.05, 0.1) is 4.92 Å². The van der Waals surface area contributed by atoms with Gasteiger partial charge in [-0.3, -0.25) is 10.1 Å². The summed E-state index contributed by atoms with van der Waals surface area (Å²) in [5.74, 6) is 0.948. The van der Waals surface area contributed by atoms with Crippen molar-refractivity contribution in [2.45, 2.75) is 25.8 Å². The predicted octanol–water partition coefficient (Wildman–Crippen LogP) is 2.48. The van der Waals surface area contributed by atoms with Crippen molar-refractivity contribution in [2.75, 3.05) is 6.54 Å². The first-order valence-electron chi connectivity index (χ1n) is 5.70. The van der Waals surface area contributed by atoms with E-state index in [0.717, 1.165) is 24.6 Å². The first-order chi connectivity index (χ1) is 7.75. The van der Waals surface area contributed by atoms with Gasteiger partial charge in [-0.15, -0.1) is 0 Å². The lowest BCUT2D eigenvalue weighted by molar-refractivity contribution is -0.384. The number of nitrogens with zero attached hydrogens (tertiary/aromatic N) is 1. The number of nitro benzene ring substituents is 1.